The summed E-state index contributed by atoms with van der Waals surface area (Å²) < 4.78 is 37.4. The Morgan fingerprint density at radius 1 is 1.60 bits per heavy atom. The van der Waals surface area contributed by atoms with E-state index in [0.717, 1.165) is 16.7 Å². The summed E-state index contributed by atoms with van der Waals surface area (Å²) in [5.41, 5.74) is 3.98. The van der Waals surface area contributed by atoms with Crippen molar-refractivity contribution in [3.05, 3.63) is 16.1 Å². The molecule has 2 rings (SSSR count). The highest BCUT2D eigenvalue weighted by Crippen LogP contribution is 2.35. The van der Waals surface area contributed by atoms with Gasteiger partial charge in [0.05, 0.1) is 11.6 Å². The summed E-state index contributed by atoms with van der Waals surface area (Å²) in [5, 5.41) is 3.88. The van der Waals surface area contributed by atoms with Gasteiger partial charge in [-0.1, -0.05) is 6.92 Å². The van der Waals surface area contributed by atoms with Crippen LogP contribution in [-0.4, -0.2) is 16.4 Å². The van der Waals surface area contributed by atoms with Crippen molar-refractivity contribution in [3.8, 4) is 0 Å². The highest BCUT2D eigenvalue weighted by atomic mass is 35.5. The van der Waals surface area contributed by atoms with Crippen molar-refractivity contribution in [2.45, 2.75) is 43.9 Å². The van der Waals surface area contributed by atoms with Crippen LogP contribution in [0.4, 0.5) is 13.2 Å². The van der Waals surface area contributed by atoms with E-state index in [2.05, 4.69) is 10.3 Å². The third kappa shape index (κ3) is 3.62. The van der Waals surface area contributed by atoms with Crippen LogP contribution >= 0.6 is 23.7 Å². The molecule has 1 atom stereocenters. The van der Waals surface area contributed by atoms with E-state index < -0.39 is 23.5 Å². The van der Waals surface area contributed by atoms with E-state index in [1.807, 2.05) is 0 Å². The van der Waals surface area contributed by atoms with Crippen LogP contribution in [-0.2, 0) is 11.0 Å². The number of hydrogen-bond donors (Lipinski definition) is 2. The lowest BCUT2D eigenvalue weighted by atomic mass is 10.2. The second-order valence-electron chi connectivity index (χ2n) is 4.66. The molecule has 1 heterocycles. The highest BCUT2D eigenvalue weighted by Gasteiger charge is 2.46. The van der Waals surface area contributed by atoms with Crippen molar-refractivity contribution in [2.24, 2.45) is 5.73 Å². The fraction of sp³-hybridized carbons (Fsp3) is 0.636. The van der Waals surface area contributed by atoms with Crippen molar-refractivity contribution in [3.63, 3.8) is 0 Å². The van der Waals surface area contributed by atoms with E-state index in [0.29, 0.717) is 19.3 Å². The normalized spacial score (nSPS) is 18.1. The van der Waals surface area contributed by atoms with E-state index in [1.165, 1.54) is 0 Å². The molecule has 1 aromatic rings. The molecule has 3 N–H and O–H groups in total. The lowest BCUT2D eigenvalue weighted by molar-refractivity contribution is -0.140. The Morgan fingerprint density at radius 3 is 2.60 bits per heavy atom. The van der Waals surface area contributed by atoms with E-state index in [4.69, 9.17) is 5.73 Å². The summed E-state index contributed by atoms with van der Waals surface area (Å²) in [6.45, 7) is 1.77. The molecule has 20 heavy (non-hydrogen) atoms. The van der Waals surface area contributed by atoms with Crippen LogP contribution in [0.3, 0.4) is 0 Å². The molecule has 1 saturated carbocycles. The molecule has 9 heteroatoms. The lowest BCUT2D eigenvalue weighted by Gasteiger charge is -2.17. The number of nitrogens with one attached hydrogen (secondary N) is 1. The number of thiazole rings is 1. The molecule has 1 fully saturated rings. The maximum Gasteiger partial charge on any atom is 0.434 e. The van der Waals surface area contributed by atoms with Gasteiger partial charge in [0.25, 0.3) is 0 Å². The number of nitrogens with zero attached hydrogens (tertiary/aromatic N) is 1. The fourth-order valence-corrected chi connectivity index (χ4v) is 2.54. The molecule has 1 aliphatic carbocycles. The molecular weight excluding hydrogens is 315 g/mol. The smallest absolute Gasteiger partial charge is 0.345 e. The molecule has 114 valence electrons. The summed E-state index contributed by atoms with van der Waals surface area (Å²) in [6, 6.07) is -0.519. The van der Waals surface area contributed by atoms with Crippen molar-refractivity contribution < 1.29 is 18.0 Å². The summed E-state index contributed by atoms with van der Waals surface area (Å²) in [4.78, 5) is 15.3. The number of hydrogen-bond acceptors (Lipinski definition) is 4. The molecule has 0 aromatic carbocycles. The Labute approximate surface area is 124 Å². The largest absolute Gasteiger partial charge is 0.434 e. The molecule has 0 radical (unpaired) electrons. The molecule has 0 bridgehead atoms. The zero-order chi connectivity index (χ0) is 14.3. The molecule has 1 amide bonds. The van der Waals surface area contributed by atoms with Gasteiger partial charge in [0.2, 0.25) is 5.91 Å². The number of rotatable bonds is 4. The first-order valence-electron chi connectivity index (χ1n) is 5.89. The predicted molar refractivity (Wildman–Crippen MR) is 71.7 cm³/mol. The maximum atomic E-state index is 12.5. The minimum absolute atomic E-state index is 0. The number of alkyl halides is 3. The van der Waals surface area contributed by atoms with Gasteiger partial charge in [0.1, 0.15) is 5.01 Å². The van der Waals surface area contributed by atoms with Gasteiger partial charge in [-0.3, -0.25) is 4.79 Å². The first kappa shape index (κ1) is 17.2. The molecule has 0 aliphatic heterocycles. The van der Waals surface area contributed by atoms with Gasteiger partial charge >= 0.3 is 6.18 Å². The van der Waals surface area contributed by atoms with Crippen LogP contribution in [0, 0.1) is 0 Å². The van der Waals surface area contributed by atoms with Gasteiger partial charge in [-0.05, 0) is 19.3 Å². The van der Waals surface area contributed by atoms with Gasteiger partial charge < -0.3 is 11.1 Å². The molecule has 1 aliphatic rings. The van der Waals surface area contributed by atoms with E-state index in [1.54, 1.807) is 6.92 Å². The van der Waals surface area contributed by atoms with Crippen LogP contribution < -0.4 is 11.1 Å². The SMILES string of the molecule is CCC(NC(=O)C1(N)CC1)c1nc(C(F)(F)F)cs1.Cl. The molecular formula is C11H15ClF3N3OS. The first-order chi connectivity index (χ1) is 8.76. The van der Waals surface area contributed by atoms with Gasteiger partial charge in [-0.25, -0.2) is 4.98 Å². The Hall–Kier alpha value is -0.860. The minimum atomic E-state index is -4.46. The number of halogens is 4. The minimum Gasteiger partial charge on any atom is -0.345 e. The van der Waals surface area contributed by atoms with Crippen LogP contribution in [0.1, 0.15) is 42.9 Å². The number of carbonyl (C=O) groups is 1. The third-order valence-electron chi connectivity index (χ3n) is 3.06. The van der Waals surface area contributed by atoms with Gasteiger partial charge in [-0.15, -0.1) is 23.7 Å². The second-order valence-corrected chi connectivity index (χ2v) is 5.55. The Balaban J connectivity index is 0.00000200. The van der Waals surface area contributed by atoms with Gasteiger partial charge in [0.15, 0.2) is 5.69 Å². The molecule has 0 spiro atoms. The maximum absolute atomic E-state index is 12.5. The van der Waals surface area contributed by atoms with E-state index in [-0.39, 0.29) is 23.3 Å². The fourth-order valence-electron chi connectivity index (χ4n) is 1.58. The second kappa shape index (κ2) is 5.87. The zero-order valence-electron chi connectivity index (χ0n) is 10.7. The molecule has 1 aromatic heterocycles. The third-order valence-corrected chi connectivity index (χ3v) is 4.02. The van der Waals surface area contributed by atoms with E-state index >= 15 is 0 Å². The first-order valence-corrected chi connectivity index (χ1v) is 6.76. The van der Waals surface area contributed by atoms with Crippen molar-refractivity contribution in [1.82, 2.24) is 10.3 Å². The predicted octanol–water partition coefficient (Wildman–Crippen LogP) is 2.64. The van der Waals surface area contributed by atoms with Crippen LogP contribution in [0.25, 0.3) is 0 Å². The average Bonchev–Trinajstić information content (AvgIpc) is 2.90. The van der Waals surface area contributed by atoms with Gasteiger partial charge in [-0.2, -0.15) is 13.2 Å². The quantitative estimate of drug-likeness (QED) is 0.892. The standard InChI is InChI=1S/C11H14F3N3OS.ClH/c1-2-6(16-9(18)10(15)3-4-10)8-17-7(5-19-8)11(12,13)14;/h5-6H,2-4,15H2,1H3,(H,16,18);1H. The topological polar surface area (TPSA) is 68.0 Å². The van der Waals surface area contributed by atoms with Gasteiger partial charge in [0, 0.05) is 5.38 Å². The monoisotopic (exact) mass is 329 g/mol. The average molecular weight is 330 g/mol. The highest BCUT2D eigenvalue weighted by molar-refractivity contribution is 7.09. The lowest BCUT2D eigenvalue weighted by Crippen LogP contribution is -2.44. The van der Waals surface area contributed by atoms with Crippen molar-refractivity contribution in [2.75, 3.05) is 0 Å². The molecule has 0 saturated heterocycles. The summed E-state index contributed by atoms with van der Waals surface area (Å²) in [7, 11) is 0. The van der Waals surface area contributed by atoms with E-state index in [9.17, 15) is 18.0 Å². The summed E-state index contributed by atoms with van der Waals surface area (Å²) >= 11 is 0.895. The van der Waals surface area contributed by atoms with Crippen LogP contribution in [0.2, 0.25) is 0 Å². The Bertz CT molecular complexity index is 488. The number of nitrogens with two attached hydrogens (primary N) is 1. The number of aromatic nitrogens is 1. The molecule has 1 unspecified atom stereocenters. The van der Waals surface area contributed by atoms with Crippen LogP contribution in [0.5, 0.6) is 0 Å². The number of amides is 1. The van der Waals surface area contributed by atoms with Crippen molar-refractivity contribution in [1.29, 1.82) is 0 Å². The Kier molecular flexibility index (Phi) is 5.04. The molecule has 4 nitrogen and oxygen atoms in total. The van der Waals surface area contributed by atoms with Crippen molar-refractivity contribution >= 4 is 29.7 Å². The Morgan fingerprint density at radius 2 is 2.20 bits per heavy atom. The summed E-state index contributed by atoms with van der Waals surface area (Å²) in [5.74, 6) is -0.317. The summed E-state index contributed by atoms with van der Waals surface area (Å²) in [6.07, 6.45) is -2.77. The van der Waals surface area contributed by atoms with Crippen LogP contribution in [0.15, 0.2) is 5.38 Å². The zero-order valence-corrected chi connectivity index (χ0v) is 12.3. The number of carbonyl (C=O) groups excluding carboxylic acids is 1.